The Bertz CT molecular complexity index is 478. The number of hydrogen-bond acceptors (Lipinski definition) is 3. The van der Waals surface area contributed by atoms with Crippen molar-refractivity contribution in [3.05, 3.63) is 28.8 Å². The van der Waals surface area contributed by atoms with Crippen molar-refractivity contribution in [3.8, 4) is 11.8 Å². The summed E-state index contributed by atoms with van der Waals surface area (Å²) < 4.78 is 28.6. The van der Waals surface area contributed by atoms with Gasteiger partial charge in [0.2, 0.25) is 0 Å². The predicted molar refractivity (Wildman–Crippen MR) is 57.2 cm³/mol. The minimum atomic E-state index is -3.02. The fourth-order valence-electron chi connectivity index (χ4n) is 1.49. The average molecular weight is 239 g/mol. The number of carbonyl (C=O) groups excluding carboxylic acids is 1. The van der Waals surface area contributed by atoms with E-state index in [1.54, 1.807) is 0 Å². The van der Waals surface area contributed by atoms with Gasteiger partial charge in [-0.05, 0) is 31.0 Å². The van der Waals surface area contributed by atoms with Gasteiger partial charge in [-0.2, -0.15) is 14.0 Å². The van der Waals surface area contributed by atoms with E-state index in [0.29, 0.717) is 12.0 Å². The van der Waals surface area contributed by atoms with E-state index in [2.05, 4.69) is 4.74 Å². The zero-order chi connectivity index (χ0) is 13.0. The number of aryl methyl sites for hydroxylation is 1. The number of hydrogen-bond donors (Lipinski definition) is 0. The molecule has 1 rings (SSSR count). The van der Waals surface area contributed by atoms with Crippen molar-refractivity contribution in [1.82, 2.24) is 0 Å². The van der Waals surface area contributed by atoms with E-state index in [1.807, 2.05) is 13.0 Å². The average Bonchev–Trinajstić information content (AvgIpc) is 2.27. The Morgan fingerprint density at radius 2 is 2.18 bits per heavy atom. The van der Waals surface area contributed by atoms with Crippen LogP contribution in [0.1, 0.15) is 35.3 Å². The summed E-state index contributed by atoms with van der Waals surface area (Å²) in [6.07, 6.45) is 0.540. The van der Waals surface area contributed by atoms with E-state index >= 15 is 0 Å². The molecule has 0 amide bonds. The van der Waals surface area contributed by atoms with Gasteiger partial charge < -0.3 is 4.74 Å². The van der Waals surface area contributed by atoms with Gasteiger partial charge in [0.15, 0.2) is 5.78 Å². The lowest BCUT2D eigenvalue weighted by atomic mass is 10.00. The standard InChI is InChI=1S/C12H11F2NO2/c1-3-8-4-10(7(2)16)11(17-12(13)14)5-9(8)6-15/h4-5,12H,3H2,1-2H3. The number of ether oxygens (including phenoxy) is 1. The SMILES string of the molecule is CCc1cc(C(C)=O)c(OC(F)F)cc1C#N. The zero-order valence-electron chi connectivity index (χ0n) is 9.46. The molecule has 0 fully saturated rings. The third kappa shape index (κ3) is 3.00. The lowest BCUT2D eigenvalue weighted by Gasteiger charge is -2.11. The quantitative estimate of drug-likeness (QED) is 0.759. The third-order valence-corrected chi connectivity index (χ3v) is 2.30. The second-order valence-corrected chi connectivity index (χ2v) is 3.41. The molecule has 0 aliphatic rings. The number of Topliss-reactive ketones (excluding diaryl/α,β-unsaturated/α-hetero) is 1. The number of benzene rings is 1. The highest BCUT2D eigenvalue weighted by Gasteiger charge is 2.16. The molecular formula is C12H11F2NO2. The highest BCUT2D eigenvalue weighted by Crippen LogP contribution is 2.26. The number of ketones is 1. The van der Waals surface area contributed by atoms with Crippen molar-refractivity contribution < 1.29 is 18.3 Å². The molecule has 1 aromatic rings. The summed E-state index contributed by atoms with van der Waals surface area (Å²) in [4.78, 5) is 11.3. The van der Waals surface area contributed by atoms with E-state index < -0.39 is 6.61 Å². The summed E-state index contributed by atoms with van der Waals surface area (Å²) in [5, 5.41) is 8.86. The van der Waals surface area contributed by atoms with Gasteiger partial charge in [0.1, 0.15) is 5.75 Å². The summed E-state index contributed by atoms with van der Waals surface area (Å²) in [5.41, 5.74) is 0.952. The van der Waals surface area contributed by atoms with Crippen LogP contribution in [0, 0.1) is 11.3 Å². The highest BCUT2D eigenvalue weighted by molar-refractivity contribution is 5.97. The van der Waals surface area contributed by atoms with E-state index in [4.69, 9.17) is 5.26 Å². The first-order valence-corrected chi connectivity index (χ1v) is 5.02. The number of nitriles is 1. The van der Waals surface area contributed by atoms with Crippen LogP contribution in [0.5, 0.6) is 5.75 Å². The zero-order valence-corrected chi connectivity index (χ0v) is 9.46. The molecular weight excluding hydrogens is 228 g/mol. The molecule has 0 saturated heterocycles. The van der Waals surface area contributed by atoms with E-state index in [1.165, 1.54) is 19.1 Å². The maximum atomic E-state index is 12.2. The fourth-order valence-corrected chi connectivity index (χ4v) is 1.49. The molecule has 0 saturated carbocycles. The normalized spacial score (nSPS) is 10.1. The number of halogens is 2. The maximum absolute atomic E-state index is 12.2. The lowest BCUT2D eigenvalue weighted by Crippen LogP contribution is -2.08. The Balaban J connectivity index is 3.36. The molecule has 0 aliphatic carbocycles. The molecule has 17 heavy (non-hydrogen) atoms. The molecule has 0 radical (unpaired) electrons. The second kappa shape index (κ2) is 5.39. The van der Waals surface area contributed by atoms with Crippen LogP contribution in [0.4, 0.5) is 8.78 Å². The van der Waals surface area contributed by atoms with E-state index in [-0.39, 0.29) is 22.7 Å². The van der Waals surface area contributed by atoms with Crippen LogP contribution in [0.25, 0.3) is 0 Å². The van der Waals surface area contributed by atoms with Crippen molar-refractivity contribution in [2.24, 2.45) is 0 Å². The largest absolute Gasteiger partial charge is 0.434 e. The third-order valence-electron chi connectivity index (χ3n) is 2.30. The summed E-state index contributed by atoms with van der Waals surface area (Å²) in [5.74, 6) is -0.624. The second-order valence-electron chi connectivity index (χ2n) is 3.41. The number of alkyl halides is 2. The van der Waals surface area contributed by atoms with Gasteiger partial charge in [-0.15, -0.1) is 0 Å². The molecule has 0 unspecified atom stereocenters. The monoisotopic (exact) mass is 239 g/mol. The van der Waals surface area contributed by atoms with E-state index in [0.717, 1.165) is 0 Å². The topological polar surface area (TPSA) is 50.1 Å². The summed E-state index contributed by atoms with van der Waals surface area (Å²) in [6, 6.07) is 4.50. The Kier molecular flexibility index (Phi) is 4.16. The first-order chi connectivity index (χ1) is 7.99. The van der Waals surface area contributed by atoms with Crippen LogP contribution < -0.4 is 4.74 Å². The van der Waals surface area contributed by atoms with Crippen molar-refractivity contribution in [2.75, 3.05) is 0 Å². The van der Waals surface area contributed by atoms with Gasteiger partial charge in [-0.25, -0.2) is 0 Å². The minimum Gasteiger partial charge on any atom is -0.434 e. The lowest BCUT2D eigenvalue weighted by molar-refractivity contribution is -0.0501. The summed E-state index contributed by atoms with van der Waals surface area (Å²) in [6.45, 7) is 0.0551. The maximum Gasteiger partial charge on any atom is 0.387 e. The Labute approximate surface area is 97.6 Å². The van der Waals surface area contributed by atoms with Gasteiger partial charge >= 0.3 is 6.61 Å². The first kappa shape index (κ1) is 13.1. The van der Waals surface area contributed by atoms with Gasteiger partial charge in [-0.3, -0.25) is 4.79 Å². The molecule has 0 aromatic heterocycles. The fraction of sp³-hybridized carbons (Fsp3) is 0.333. The highest BCUT2D eigenvalue weighted by atomic mass is 19.3. The van der Waals surface area contributed by atoms with Gasteiger partial charge in [-0.1, -0.05) is 6.92 Å². The Hall–Kier alpha value is -1.96. The summed E-state index contributed by atoms with van der Waals surface area (Å²) >= 11 is 0. The van der Waals surface area contributed by atoms with Crippen molar-refractivity contribution in [2.45, 2.75) is 26.9 Å². The Morgan fingerprint density at radius 1 is 1.53 bits per heavy atom. The van der Waals surface area contributed by atoms with Gasteiger partial charge in [0.25, 0.3) is 0 Å². The smallest absolute Gasteiger partial charge is 0.387 e. The molecule has 0 spiro atoms. The number of carbonyl (C=O) groups is 1. The van der Waals surface area contributed by atoms with Gasteiger partial charge in [0.05, 0.1) is 17.2 Å². The first-order valence-electron chi connectivity index (χ1n) is 5.02. The van der Waals surface area contributed by atoms with Crippen LogP contribution in [0.2, 0.25) is 0 Å². The van der Waals surface area contributed by atoms with Crippen LogP contribution in [-0.4, -0.2) is 12.4 Å². The molecule has 5 heteroatoms. The molecule has 3 nitrogen and oxygen atoms in total. The van der Waals surface area contributed by atoms with Crippen LogP contribution in [0.15, 0.2) is 12.1 Å². The molecule has 0 aliphatic heterocycles. The summed E-state index contributed by atoms with van der Waals surface area (Å²) in [7, 11) is 0. The van der Waals surface area contributed by atoms with Crippen molar-refractivity contribution in [1.29, 1.82) is 5.26 Å². The van der Waals surface area contributed by atoms with Crippen LogP contribution >= 0.6 is 0 Å². The van der Waals surface area contributed by atoms with Gasteiger partial charge in [0, 0.05) is 0 Å². The predicted octanol–water partition coefficient (Wildman–Crippen LogP) is 2.92. The molecule has 1 aromatic carbocycles. The number of nitrogens with zero attached hydrogens (tertiary/aromatic N) is 1. The van der Waals surface area contributed by atoms with Crippen molar-refractivity contribution in [3.63, 3.8) is 0 Å². The van der Waals surface area contributed by atoms with Crippen molar-refractivity contribution >= 4 is 5.78 Å². The molecule has 0 heterocycles. The molecule has 0 bridgehead atoms. The molecule has 0 N–H and O–H groups in total. The van der Waals surface area contributed by atoms with E-state index in [9.17, 15) is 13.6 Å². The van der Waals surface area contributed by atoms with Crippen LogP contribution in [-0.2, 0) is 6.42 Å². The van der Waals surface area contributed by atoms with Crippen LogP contribution in [0.3, 0.4) is 0 Å². The number of rotatable bonds is 4. The Morgan fingerprint density at radius 3 is 2.59 bits per heavy atom. The molecule has 0 atom stereocenters. The molecule has 90 valence electrons. The minimum absolute atomic E-state index is 0.0705.